The van der Waals surface area contributed by atoms with E-state index in [9.17, 15) is 18.5 Å². The number of ether oxygens (including phenoxy) is 1. The molecular weight excluding hydrogens is 318 g/mol. The minimum absolute atomic E-state index is 0.0677. The summed E-state index contributed by atoms with van der Waals surface area (Å²) in [5.41, 5.74) is -0.0746. The van der Waals surface area contributed by atoms with Gasteiger partial charge in [-0.1, -0.05) is 26.2 Å². The Morgan fingerprint density at radius 1 is 1.29 bits per heavy atom. The third-order valence-corrected chi connectivity index (χ3v) is 4.44. The average molecular weight is 336 g/mol. The quantitative estimate of drug-likeness (QED) is 0.312. The molecule has 1 aromatic carbocycles. The average Bonchev–Trinajstić information content (AvgIpc) is 2.36. The monoisotopic (exact) mass is 335 g/mol. The molecule has 0 saturated carbocycles. The molecule has 0 N–H and O–H groups in total. The first kappa shape index (κ1) is 17.7. The largest absolute Gasteiger partial charge is 0.487 e. The number of benzene rings is 1. The number of rotatable bonds is 8. The highest BCUT2D eigenvalue weighted by Crippen LogP contribution is 2.33. The van der Waals surface area contributed by atoms with E-state index in [0.29, 0.717) is 12.2 Å². The minimum atomic E-state index is -4.03. The maximum Gasteiger partial charge on any atom is 0.312 e. The first-order valence-electron chi connectivity index (χ1n) is 6.64. The van der Waals surface area contributed by atoms with Gasteiger partial charge in [0.15, 0.2) is 5.75 Å². The van der Waals surface area contributed by atoms with Crippen molar-refractivity contribution < 1.29 is 18.1 Å². The van der Waals surface area contributed by atoms with Gasteiger partial charge in [0.25, 0.3) is 9.05 Å². The second kappa shape index (κ2) is 7.61. The predicted molar refractivity (Wildman–Crippen MR) is 80.5 cm³/mol. The molecule has 8 heteroatoms. The molecule has 0 amide bonds. The molecule has 0 heterocycles. The molecule has 0 atom stereocenters. The van der Waals surface area contributed by atoms with Crippen LogP contribution in [0.4, 0.5) is 5.69 Å². The molecule has 21 heavy (non-hydrogen) atoms. The van der Waals surface area contributed by atoms with Crippen LogP contribution in [0.3, 0.4) is 0 Å². The van der Waals surface area contributed by atoms with Gasteiger partial charge in [-0.25, -0.2) is 8.42 Å². The van der Waals surface area contributed by atoms with E-state index in [1.165, 1.54) is 13.0 Å². The highest BCUT2D eigenvalue weighted by atomic mass is 35.7. The Bertz CT molecular complexity index is 615. The van der Waals surface area contributed by atoms with Gasteiger partial charge >= 0.3 is 5.69 Å². The van der Waals surface area contributed by atoms with Crippen molar-refractivity contribution in [3.8, 4) is 5.75 Å². The second-order valence-corrected chi connectivity index (χ2v) is 7.22. The number of nitro groups is 1. The van der Waals surface area contributed by atoms with Crippen molar-refractivity contribution in [3.63, 3.8) is 0 Å². The summed E-state index contributed by atoms with van der Waals surface area (Å²) >= 11 is 0. The first-order chi connectivity index (χ1) is 9.77. The summed E-state index contributed by atoms with van der Waals surface area (Å²) in [7, 11) is 1.24. The van der Waals surface area contributed by atoms with Crippen molar-refractivity contribution >= 4 is 25.4 Å². The highest BCUT2D eigenvalue weighted by Gasteiger charge is 2.23. The Labute approximate surface area is 128 Å². The van der Waals surface area contributed by atoms with Crippen molar-refractivity contribution in [2.75, 3.05) is 6.61 Å². The molecule has 0 saturated heterocycles. The summed E-state index contributed by atoms with van der Waals surface area (Å²) in [6.45, 7) is 3.95. The number of unbranched alkanes of at least 4 members (excludes halogenated alkanes) is 3. The fourth-order valence-corrected chi connectivity index (χ4v) is 3.08. The van der Waals surface area contributed by atoms with Crippen LogP contribution in [0.5, 0.6) is 5.75 Å². The zero-order valence-corrected chi connectivity index (χ0v) is 13.5. The molecule has 0 bridgehead atoms. The number of aryl methyl sites for hydroxylation is 1. The number of hydrogen-bond donors (Lipinski definition) is 0. The summed E-state index contributed by atoms with van der Waals surface area (Å²) in [4.78, 5) is 10.1. The predicted octanol–water partition coefficient (Wildman–Crippen LogP) is 3.79. The van der Waals surface area contributed by atoms with E-state index >= 15 is 0 Å². The molecule has 6 nitrogen and oxygen atoms in total. The van der Waals surface area contributed by atoms with E-state index in [1.807, 2.05) is 0 Å². The van der Waals surface area contributed by atoms with Crippen molar-refractivity contribution in [3.05, 3.63) is 27.8 Å². The van der Waals surface area contributed by atoms with Gasteiger partial charge < -0.3 is 4.74 Å². The molecule has 0 aromatic heterocycles. The highest BCUT2D eigenvalue weighted by molar-refractivity contribution is 8.13. The van der Waals surface area contributed by atoms with E-state index in [0.717, 1.165) is 31.7 Å². The van der Waals surface area contributed by atoms with Crippen molar-refractivity contribution in [1.82, 2.24) is 0 Å². The van der Waals surface area contributed by atoms with Crippen molar-refractivity contribution in [1.29, 1.82) is 0 Å². The Morgan fingerprint density at radius 2 is 1.95 bits per heavy atom. The van der Waals surface area contributed by atoms with Crippen LogP contribution in [0.15, 0.2) is 17.0 Å². The lowest BCUT2D eigenvalue weighted by atomic mass is 10.2. The molecular formula is C13H18ClNO5S. The van der Waals surface area contributed by atoms with E-state index in [4.69, 9.17) is 15.4 Å². The van der Waals surface area contributed by atoms with Crippen LogP contribution in [-0.2, 0) is 9.05 Å². The lowest BCUT2D eigenvalue weighted by Crippen LogP contribution is -2.04. The Morgan fingerprint density at radius 3 is 2.48 bits per heavy atom. The number of nitro benzene ring substituents is 1. The molecule has 0 aliphatic rings. The third kappa shape index (κ3) is 5.17. The van der Waals surface area contributed by atoms with Gasteiger partial charge in [0, 0.05) is 16.7 Å². The summed E-state index contributed by atoms with van der Waals surface area (Å²) in [5.74, 6) is 0.0677. The SMILES string of the molecule is CCCCCCOc1cc(C)c(S(=O)(=O)Cl)cc1[N+](=O)[O-]. The van der Waals surface area contributed by atoms with Crippen molar-refractivity contribution in [2.24, 2.45) is 0 Å². The van der Waals surface area contributed by atoms with Crippen LogP contribution in [0, 0.1) is 17.0 Å². The zero-order chi connectivity index (χ0) is 16.0. The van der Waals surface area contributed by atoms with Crippen LogP contribution >= 0.6 is 10.7 Å². The van der Waals surface area contributed by atoms with Gasteiger partial charge in [0.1, 0.15) is 0 Å². The van der Waals surface area contributed by atoms with E-state index < -0.39 is 19.7 Å². The molecule has 0 radical (unpaired) electrons. The Balaban J connectivity index is 2.99. The van der Waals surface area contributed by atoms with Crippen molar-refractivity contribution in [2.45, 2.75) is 44.4 Å². The molecule has 0 aliphatic heterocycles. The number of hydrogen-bond acceptors (Lipinski definition) is 5. The first-order valence-corrected chi connectivity index (χ1v) is 8.94. The summed E-state index contributed by atoms with van der Waals surface area (Å²) in [6.07, 6.45) is 3.94. The standard InChI is InChI=1S/C13H18ClNO5S/c1-3-4-5-6-7-20-12-8-10(2)13(21(14,18)19)9-11(12)15(16)17/h8-9H,3-7H2,1-2H3. The van der Waals surface area contributed by atoms with E-state index in [2.05, 4.69) is 6.92 Å². The normalized spacial score (nSPS) is 11.4. The molecule has 0 fully saturated rings. The van der Waals surface area contributed by atoms with Crippen LogP contribution in [0.1, 0.15) is 38.2 Å². The molecule has 0 aliphatic carbocycles. The summed E-state index contributed by atoms with van der Waals surface area (Å²) in [5, 5.41) is 11.0. The maximum atomic E-state index is 11.4. The fourth-order valence-electron chi connectivity index (χ4n) is 1.88. The Hall–Kier alpha value is -1.34. The molecule has 0 spiro atoms. The van der Waals surface area contributed by atoms with Gasteiger partial charge in [-0.3, -0.25) is 10.1 Å². The molecule has 0 unspecified atom stereocenters. The second-order valence-electron chi connectivity index (χ2n) is 4.69. The smallest absolute Gasteiger partial charge is 0.312 e. The van der Waals surface area contributed by atoms with Gasteiger partial charge in [-0.2, -0.15) is 0 Å². The Kier molecular flexibility index (Phi) is 6.42. The van der Waals surface area contributed by atoms with Gasteiger partial charge in [0.05, 0.1) is 16.4 Å². The molecule has 1 aromatic rings. The van der Waals surface area contributed by atoms with Crippen LogP contribution in [0.2, 0.25) is 0 Å². The molecule has 1 rings (SSSR count). The zero-order valence-electron chi connectivity index (χ0n) is 12.0. The summed E-state index contributed by atoms with van der Waals surface area (Å²) in [6, 6.07) is 2.28. The van der Waals surface area contributed by atoms with E-state index in [1.54, 1.807) is 0 Å². The van der Waals surface area contributed by atoms with Crippen LogP contribution in [0.25, 0.3) is 0 Å². The van der Waals surface area contributed by atoms with Gasteiger partial charge in [-0.15, -0.1) is 0 Å². The topological polar surface area (TPSA) is 86.5 Å². The third-order valence-electron chi connectivity index (χ3n) is 2.97. The van der Waals surface area contributed by atoms with Crippen LogP contribution < -0.4 is 4.74 Å². The van der Waals surface area contributed by atoms with Gasteiger partial charge in [-0.05, 0) is 25.0 Å². The van der Waals surface area contributed by atoms with Crippen LogP contribution in [-0.4, -0.2) is 19.9 Å². The lowest BCUT2D eigenvalue weighted by molar-refractivity contribution is -0.386. The van der Waals surface area contributed by atoms with Gasteiger partial charge in [0.2, 0.25) is 0 Å². The summed E-state index contributed by atoms with van der Waals surface area (Å²) < 4.78 is 28.2. The number of nitrogens with zero attached hydrogens (tertiary/aromatic N) is 1. The lowest BCUT2D eigenvalue weighted by Gasteiger charge is -2.09. The van der Waals surface area contributed by atoms with E-state index in [-0.39, 0.29) is 10.6 Å². The molecule has 118 valence electrons. The maximum absolute atomic E-state index is 11.4. The number of halogens is 1. The minimum Gasteiger partial charge on any atom is -0.487 e. The fraction of sp³-hybridized carbons (Fsp3) is 0.538.